The van der Waals surface area contributed by atoms with Gasteiger partial charge in [0.25, 0.3) is 0 Å². The molecule has 0 aromatic carbocycles. The first-order valence-corrected chi connectivity index (χ1v) is 10.6. The van der Waals surface area contributed by atoms with Gasteiger partial charge in [-0.1, -0.05) is 11.8 Å². The SMILES string of the molecule is CS(=O)(=O)N(CC1=NCC(c2nnc(C(F)(F)F)o2)S1)c1cncc(OC(F)F)c1. The first-order chi connectivity index (χ1) is 13.9. The minimum Gasteiger partial charge on any atom is -0.433 e. The van der Waals surface area contributed by atoms with Crippen molar-refractivity contribution in [3.05, 3.63) is 30.2 Å². The third-order valence-electron chi connectivity index (χ3n) is 3.56. The molecule has 0 fully saturated rings. The molecule has 2 aromatic heterocycles. The zero-order valence-corrected chi connectivity index (χ0v) is 16.5. The Morgan fingerprint density at radius 2 is 2.07 bits per heavy atom. The molecular formula is C14H12F5N5O4S2. The number of rotatable bonds is 7. The Balaban J connectivity index is 1.75. The topological polar surface area (TPSA) is 111 Å². The van der Waals surface area contributed by atoms with Crippen LogP contribution in [0.25, 0.3) is 0 Å². The second kappa shape index (κ2) is 8.33. The number of pyridine rings is 1. The van der Waals surface area contributed by atoms with E-state index in [0.29, 0.717) is 0 Å². The molecule has 3 rings (SSSR count). The number of halogens is 5. The number of hydrogen-bond acceptors (Lipinski definition) is 9. The molecule has 1 aliphatic heterocycles. The summed E-state index contributed by atoms with van der Waals surface area (Å²) in [6.45, 7) is -3.44. The fourth-order valence-electron chi connectivity index (χ4n) is 2.35. The van der Waals surface area contributed by atoms with E-state index >= 15 is 0 Å². The van der Waals surface area contributed by atoms with Crippen LogP contribution < -0.4 is 9.04 Å². The van der Waals surface area contributed by atoms with Crippen LogP contribution in [0, 0.1) is 0 Å². The Morgan fingerprint density at radius 3 is 2.67 bits per heavy atom. The normalized spacial score (nSPS) is 17.3. The van der Waals surface area contributed by atoms with Crippen LogP contribution in [0.15, 0.2) is 27.9 Å². The summed E-state index contributed by atoms with van der Waals surface area (Å²) in [6, 6.07) is 1.06. The first kappa shape index (κ1) is 22.2. The Hall–Kier alpha value is -2.49. The molecule has 30 heavy (non-hydrogen) atoms. The van der Waals surface area contributed by atoms with Crippen LogP contribution in [0.5, 0.6) is 5.75 Å². The summed E-state index contributed by atoms with van der Waals surface area (Å²) >= 11 is 0.950. The van der Waals surface area contributed by atoms with Gasteiger partial charge >= 0.3 is 18.7 Å². The largest absolute Gasteiger partial charge is 0.470 e. The molecule has 0 N–H and O–H groups in total. The highest BCUT2D eigenvalue weighted by atomic mass is 32.2. The van der Waals surface area contributed by atoms with Crippen LogP contribution in [0.1, 0.15) is 17.0 Å². The number of anilines is 1. The number of sulfonamides is 1. The molecule has 0 saturated heterocycles. The van der Waals surface area contributed by atoms with Gasteiger partial charge in [0, 0.05) is 6.07 Å². The van der Waals surface area contributed by atoms with Crippen molar-refractivity contribution in [1.29, 1.82) is 0 Å². The molecule has 9 nitrogen and oxygen atoms in total. The predicted octanol–water partition coefficient (Wildman–Crippen LogP) is 2.74. The molecule has 1 aliphatic rings. The Kier molecular flexibility index (Phi) is 6.16. The van der Waals surface area contributed by atoms with Gasteiger partial charge in [-0.05, 0) is 0 Å². The fourth-order valence-corrected chi connectivity index (χ4v) is 4.30. The van der Waals surface area contributed by atoms with E-state index in [1.165, 1.54) is 0 Å². The third kappa shape index (κ3) is 5.35. The predicted molar refractivity (Wildman–Crippen MR) is 95.0 cm³/mol. The second-order valence-electron chi connectivity index (χ2n) is 5.81. The molecule has 3 heterocycles. The van der Waals surface area contributed by atoms with Crippen LogP contribution >= 0.6 is 11.8 Å². The van der Waals surface area contributed by atoms with Gasteiger partial charge in [-0.25, -0.2) is 8.42 Å². The molecule has 0 amide bonds. The zero-order chi connectivity index (χ0) is 22.1. The van der Waals surface area contributed by atoms with E-state index < -0.39 is 34.0 Å². The average molecular weight is 473 g/mol. The second-order valence-corrected chi connectivity index (χ2v) is 8.99. The number of hydrogen-bond donors (Lipinski definition) is 0. The maximum Gasteiger partial charge on any atom is 0.470 e. The third-order valence-corrected chi connectivity index (χ3v) is 5.87. The Bertz CT molecular complexity index is 1040. The lowest BCUT2D eigenvalue weighted by Crippen LogP contribution is -2.34. The summed E-state index contributed by atoms with van der Waals surface area (Å²) < 4.78 is 96.7. The van der Waals surface area contributed by atoms with Gasteiger partial charge in [0.1, 0.15) is 11.0 Å². The molecule has 16 heteroatoms. The minimum atomic E-state index is -4.79. The number of nitrogens with zero attached hydrogens (tertiary/aromatic N) is 5. The van der Waals surface area contributed by atoms with E-state index in [1.807, 2.05) is 0 Å². The summed E-state index contributed by atoms with van der Waals surface area (Å²) in [4.78, 5) is 7.79. The number of thioether (sulfide) groups is 1. The van der Waals surface area contributed by atoms with E-state index in [9.17, 15) is 30.4 Å². The van der Waals surface area contributed by atoms with Crippen molar-refractivity contribution in [2.45, 2.75) is 18.0 Å². The van der Waals surface area contributed by atoms with Crippen molar-refractivity contribution in [3.8, 4) is 5.75 Å². The molecule has 0 spiro atoms. The van der Waals surface area contributed by atoms with Gasteiger partial charge in [-0.2, -0.15) is 22.0 Å². The zero-order valence-electron chi connectivity index (χ0n) is 14.9. The van der Waals surface area contributed by atoms with Gasteiger partial charge in [0.15, 0.2) is 0 Å². The molecule has 2 aromatic rings. The van der Waals surface area contributed by atoms with Gasteiger partial charge < -0.3 is 9.15 Å². The quantitative estimate of drug-likeness (QED) is 0.565. The highest BCUT2D eigenvalue weighted by Gasteiger charge is 2.39. The maximum atomic E-state index is 12.6. The summed E-state index contributed by atoms with van der Waals surface area (Å²) in [7, 11) is -3.89. The van der Waals surface area contributed by atoms with Gasteiger partial charge in [0.2, 0.25) is 15.9 Å². The minimum absolute atomic E-state index is 0.0100. The molecule has 1 atom stereocenters. The smallest absolute Gasteiger partial charge is 0.433 e. The highest BCUT2D eigenvalue weighted by molar-refractivity contribution is 8.14. The number of aromatic nitrogens is 3. The van der Waals surface area contributed by atoms with Gasteiger partial charge in [-0.3, -0.25) is 14.3 Å². The fraction of sp³-hybridized carbons (Fsp3) is 0.429. The van der Waals surface area contributed by atoms with Crippen LogP contribution in [-0.2, 0) is 16.2 Å². The number of alkyl halides is 5. The summed E-state index contributed by atoms with van der Waals surface area (Å²) in [6.07, 6.45) is -1.78. The standard InChI is InChI=1S/C14H12F5N5O4S2/c1-30(25,26)24(7-2-8(4-20-3-7)27-13(15)16)6-10-21-5-9(29-10)11-22-23-12(28-11)14(17,18)19/h2-4,9,13H,5-6H2,1H3. The van der Waals surface area contributed by atoms with Crippen molar-refractivity contribution in [3.63, 3.8) is 0 Å². The lowest BCUT2D eigenvalue weighted by atomic mass is 10.4. The lowest BCUT2D eigenvalue weighted by Gasteiger charge is -2.22. The van der Waals surface area contributed by atoms with Crippen molar-refractivity contribution >= 4 is 32.5 Å². The van der Waals surface area contributed by atoms with Crippen molar-refractivity contribution in [1.82, 2.24) is 15.2 Å². The van der Waals surface area contributed by atoms with E-state index in [4.69, 9.17) is 0 Å². The molecule has 164 valence electrons. The number of aliphatic imine (C=N–C) groups is 1. The number of ether oxygens (including phenoxy) is 1. The van der Waals surface area contributed by atoms with E-state index in [-0.39, 0.29) is 35.5 Å². The van der Waals surface area contributed by atoms with Gasteiger partial charge in [0.05, 0.1) is 42.5 Å². The first-order valence-electron chi connectivity index (χ1n) is 7.91. The van der Waals surface area contributed by atoms with Crippen LogP contribution in [0.3, 0.4) is 0 Å². The van der Waals surface area contributed by atoms with Crippen LogP contribution in [-0.4, -0.2) is 54.6 Å². The van der Waals surface area contributed by atoms with Crippen LogP contribution in [0.4, 0.5) is 27.6 Å². The molecule has 0 saturated carbocycles. The Labute approximate surface area is 170 Å². The van der Waals surface area contributed by atoms with Gasteiger partial charge in [-0.15, -0.1) is 10.2 Å². The maximum absolute atomic E-state index is 12.6. The van der Waals surface area contributed by atoms with Crippen molar-refractivity contribution < 1.29 is 39.5 Å². The summed E-state index contributed by atoms with van der Waals surface area (Å²) in [5.41, 5.74) is -0.0560. The van der Waals surface area contributed by atoms with Crippen molar-refractivity contribution in [2.75, 3.05) is 23.7 Å². The highest BCUT2D eigenvalue weighted by Crippen LogP contribution is 2.37. The van der Waals surface area contributed by atoms with E-state index in [1.54, 1.807) is 0 Å². The van der Waals surface area contributed by atoms with E-state index in [2.05, 4.69) is 29.3 Å². The summed E-state index contributed by atoms with van der Waals surface area (Å²) in [5.74, 6) is -2.14. The molecule has 0 bridgehead atoms. The molecule has 0 radical (unpaired) electrons. The molecule has 0 aliphatic carbocycles. The summed E-state index contributed by atoms with van der Waals surface area (Å²) in [5, 5.41) is 5.83. The van der Waals surface area contributed by atoms with E-state index in [0.717, 1.165) is 40.8 Å². The Morgan fingerprint density at radius 1 is 1.33 bits per heavy atom. The monoisotopic (exact) mass is 473 g/mol. The lowest BCUT2D eigenvalue weighted by molar-refractivity contribution is -0.157. The molecule has 1 unspecified atom stereocenters. The van der Waals surface area contributed by atoms with Crippen LogP contribution in [0.2, 0.25) is 0 Å². The van der Waals surface area contributed by atoms with Crippen molar-refractivity contribution in [2.24, 2.45) is 4.99 Å². The molecular weight excluding hydrogens is 461 g/mol. The average Bonchev–Trinajstić information content (AvgIpc) is 3.27.